The van der Waals surface area contributed by atoms with Gasteiger partial charge in [0.25, 0.3) is 5.91 Å². The molecular weight excluding hydrogens is 367 g/mol. The maximum atomic E-state index is 13.4. The van der Waals surface area contributed by atoms with Crippen LogP contribution < -0.4 is 13.9 Å². The van der Waals surface area contributed by atoms with Crippen molar-refractivity contribution < 1.29 is 9.32 Å². The average Bonchev–Trinajstić information content (AvgIpc) is 3.21. The Morgan fingerprint density at radius 2 is 1.57 bits per heavy atom. The summed E-state index contributed by atoms with van der Waals surface area (Å²) in [5.41, 5.74) is 5.37. The van der Waals surface area contributed by atoms with Crippen molar-refractivity contribution in [1.82, 2.24) is 0 Å². The van der Waals surface area contributed by atoms with Gasteiger partial charge >= 0.3 is 8.45 Å². The molecule has 1 amide bonds. The zero-order valence-electron chi connectivity index (χ0n) is 15.9. The molecule has 2 aliphatic rings. The van der Waals surface area contributed by atoms with Crippen molar-refractivity contribution >= 4 is 25.7 Å². The summed E-state index contributed by atoms with van der Waals surface area (Å²) < 4.78 is 10.7. The highest BCUT2D eigenvalue weighted by atomic mass is 31.2. The van der Waals surface area contributed by atoms with E-state index in [0.717, 1.165) is 34.7 Å². The van der Waals surface area contributed by atoms with E-state index in [1.165, 1.54) is 5.56 Å². The minimum Gasteiger partial charge on any atom is -0.436 e. The van der Waals surface area contributed by atoms with Crippen LogP contribution in [0.15, 0.2) is 72.8 Å². The van der Waals surface area contributed by atoms with Crippen molar-refractivity contribution in [3.63, 3.8) is 0 Å². The Morgan fingerprint density at radius 1 is 0.893 bits per heavy atom. The fourth-order valence-electron chi connectivity index (χ4n) is 4.00. The molecule has 140 valence electrons. The predicted molar refractivity (Wildman–Crippen MR) is 114 cm³/mol. The minimum absolute atomic E-state index is 0.111. The van der Waals surface area contributed by atoms with E-state index in [1.54, 1.807) is 0 Å². The summed E-state index contributed by atoms with van der Waals surface area (Å²) in [6, 6.07) is 24.1. The molecule has 0 bridgehead atoms. The van der Waals surface area contributed by atoms with Crippen LogP contribution in [-0.4, -0.2) is 11.9 Å². The van der Waals surface area contributed by atoms with Gasteiger partial charge in [0, 0.05) is 12.1 Å². The van der Waals surface area contributed by atoms with Crippen LogP contribution >= 0.6 is 8.45 Å². The van der Waals surface area contributed by atoms with E-state index in [0.29, 0.717) is 0 Å². The molecule has 1 unspecified atom stereocenters. The molecule has 2 atom stereocenters. The number of para-hydroxylation sites is 3. The molecule has 3 aromatic carbocycles. The third-order valence-electron chi connectivity index (χ3n) is 5.38. The molecule has 2 heterocycles. The van der Waals surface area contributed by atoms with E-state index >= 15 is 0 Å². The molecule has 4 nitrogen and oxygen atoms in total. The normalized spacial score (nSPS) is 20.3. The zero-order chi connectivity index (χ0) is 19.3. The van der Waals surface area contributed by atoms with Gasteiger partial charge in [-0.25, -0.2) is 4.67 Å². The highest BCUT2D eigenvalue weighted by Gasteiger charge is 2.53. The lowest BCUT2D eigenvalue weighted by Crippen LogP contribution is -2.30. The fraction of sp³-hybridized carbons (Fsp3) is 0.174. The van der Waals surface area contributed by atoms with Gasteiger partial charge in [-0.05, 0) is 48.7 Å². The first-order valence-corrected chi connectivity index (χ1v) is 10.6. The Labute approximate surface area is 166 Å². The molecule has 28 heavy (non-hydrogen) atoms. The van der Waals surface area contributed by atoms with Gasteiger partial charge in [0.05, 0.1) is 5.69 Å². The number of hydrogen-bond donors (Lipinski definition) is 0. The molecule has 0 spiro atoms. The van der Waals surface area contributed by atoms with Gasteiger partial charge in [-0.15, -0.1) is 0 Å². The van der Waals surface area contributed by atoms with Gasteiger partial charge in [-0.2, -0.15) is 0 Å². The lowest BCUT2D eigenvalue weighted by molar-refractivity contribution is -0.117. The van der Waals surface area contributed by atoms with Crippen LogP contribution in [0.4, 0.5) is 11.4 Å². The van der Waals surface area contributed by atoms with Gasteiger partial charge in [0.15, 0.2) is 0 Å². The number of benzene rings is 3. The molecule has 3 aromatic rings. The second-order valence-corrected chi connectivity index (χ2v) is 8.76. The first-order valence-electron chi connectivity index (χ1n) is 9.45. The molecular formula is C23H21N2O2P. The van der Waals surface area contributed by atoms with Crippen molar-refractivity contribution in [3.05, 3.63) is 89.5 Å². The molecule has 1 saturated heterocycles. The van der Waals surface area contributed by atoms with E-state index in [-0.39, 0.29) is 11.9 Å². The Balaban J connectivity index is 1.63. The number of aryl methyl sites for hydroxylation is 2. The van der Waals surface area contributed by atoms with Crippen molar-refractivity contribution in [1.29, 1.82) is 0 Å². The molecule has 0 aliphatic carbocycles. The molecule has 2 aliphatic heterocycles. The Bertz CT molecular complexity index is 1030. The van der Waals surface area contributed by atoms with Crippen LogP contribution in [0.3, 0.4) is 0 Å². The Morgan fingerprint density at radius 3 is 2.32 bits per heavy atom. The number of fused-ring (bicyclic) bond motifs is 3. The fourth-order valence-corrected chi connectivity index (χ4v) is 6.24. The summed E-state index contributed by atoms with van der Waals surface area (Å²) in [4.78, 5) is 13.4. The first-order chi connectivity index (χ1) is 13.6. The van der Waals surface area contributed by atoms with E-state index in [2.05, 4.69) is 42.8 Å². The Hall–Kier alpha value is -2.84. The second-order valence-electron chi connectivity index (χ2n) is 7.24. The summed E-state index contributed by atoms with van der Waals surface area (Å²) >= 11 is 0. The van der Waals surface area contributed by atoms with E-state index in [1.807, 2.05) is 53.2 Å². The number of amides is 1. The van der Waals surface area contributed by atoms with Crippen LogP contribution in [0.1, 0.15) is 16.7 Å². The second kappa shape index (κ2) is 6.65. The van der Waals surface area contributed by atoms with Gasteiger partial charge in [0.2, 0.25) is 0 Å². The van der Waals surface area contributed by atoms with Crippen molar-refractivity contribution in [2.24, 2.45) is 0 Å². The van der Waals surface area contributed by atoms with Crippen LogP contribution in [0.25, 0.3) is 0 Å². The highest BCUT2D eigenvalue weighted by Crippen LogP contribution is 2.60. The van der Waals surface area contributed by atoms with Gasteiger partial charge in [0.1, 0.15) is 11.8 Å². The van der Waals surface area contributed by atoms with Crippen LogP contribution in [0.2, 0.25) is 0 Å². The van der Waals surface area contributed by atoms with Gasteiger partial charge in [-0.3, -0.25) is 9.46 Å². The zero-order valence-corrected chi connectivity index (χ0v) is 16.8. The van der Waals surface area contributed by atoms with Crippen molar-refractivity contribution in [2.45, 2.75) is 26.3 Å². The molecule has 1 fully saturated rings. The van der Waals surface area contributed by atoms with Gasteiger partial charge < -0.3 is 4.52 Å². The third kappa shape index (κ3) is 2.60. The van der Waals surface area contributed by atoms with Crippen LogP contribution in [0, 0.1) is 13.8 Å². The summed E-state index contributed by atoms with van der Waals surface area (Å²) in [6.45, 7) is 4.11. The largest absolute Gasteiger partial charge is 0.436 e. The van der Waals surface area contributed by atoms with E-state index in [9.17, 15) is 4.79 Å². The summed E-state index contributed by atoms with van der Waals surface area (Å²) in [5.74, 6) is 0.979. The van der Waals surface area contributed by atoms with Crippen LogP contribution in [-0.2, 0) is 11.2 Å². The number of nitrogens with zero attached hydrogens (tertiary/aromatic N) is 2. The Kier molecular flexibility index (Phi) is 4.10. The number of rotatable bonds is 3. The first kappa shape index (κ1) is 17.3. The maximum absolute atomic E-state index is 13.4. The summed E-state index contributed by atoms with van der Waals surface area (Å²) in [6.07, 6.45) is 0.729. The topological polar surface area (TPSA) is 32.8 Å². The highest BCUT2D eigenvalue weighted by molar-refractivity contribution is 7.58. The SMILES string of the molecule is Cc1cccc(C)c1OP1N(c2ccccc2)C(=O)[C@@H]2Cc3ccccc3N21. The maximum Gasteiger partial charge on any atom is 0.317 e. The molecule has 0 N–H and O–H groups in total. The van der Waals surface area contributed by atoms with Crippen molar-refractivity contribution in [2.75, 3.05) is 9.34 Å². The summed E-state index contributed by atoms with van der Waals surface area (Å²) in [7, 11) is -1.34. The monoisotopic (exact) mass is 388 g/mol. The number of carbonyl (C=O) groups excluding carboxylic acids is 1. The van der Waals surface area contributed by atoms with E-state index < -0.39 is 8.45 Å². The van der Waals surface area contributed by atoms with E-state index in [4.69, 9.17) is 4.52 Å². The molecule has 0 saturated carbocycles. The lowest BCUT2D eigenvalue weighted by atomic mass is 10.1. The number of carbonyl (C=O) groups is 1. The molecule has 0 radical (unpaired) electrons. The predicted octanol–water partition coefficient (Wildman–Crippen LogP) is 5.39. The van der Waals surface area contributed by atoms with Crippen LogP contribution in [0.5, 0.6) is 5.75 Å². The quantitative estimate of drug-likeness (QED) is 0.564. The number of hydrogen-bond acceptors (Lipinski definition) is 3. The molecule has 5 heteroatoms. The smallest absolute Gasteiger partial charge is 0.317 e. The number of anilines is 2. The lowest BCUT2D eigenvalue weighted by Gasteiger charge is -2.30. The molecule has 0 aromatic heterocycles. The minimum atomic E-state index is -1.34. The summed E-state index contributed by atoms with van der Waals surface area (Å²) in [5, 5.41) is 0. The van der Waals surface area contributed by atoms with Gasteiger partial charge in [-0.1, -0.05) is 54.6 Å². The molecule has 5 rings (SSSR count). The van der Waals surface area contributed by atoms with Crippen molar-refractivity contribution in [3.8, 4) is 5.75 Å². The third-order valence-corrected chi connectivity index (χ3v) is 7.36. The standard InChI is InChI=1S/C23H21N2O2P/c1-16-9-8-10-17(2)22(16)27-28-24(19-12-4-3-5-13-19)23(26)21-15-18-11-6-7-14-20(18)25(21)28/h3-14,21H,15H2,1-2H3/t21-,28?/m0/s1. The average molecular weight is 388 g/mol.